The summed E-state index contributed by atoms with van der Waals surface area (Å²) in [7, 11) is 0. The minimum Gasteiger partial charge on any atom is -0.359 e. The summed E-state index contributed by atoms with van der Waals surface area (Å²) in [6.07, 6.45) is 3.85. The molecule has 2 aromatic rings. The van der Waals surface area contributed by atoms with Gasteiger partial charge < -0.3 is 10.3 Å². The Labute approximate surface area is 146 Å². The summed E-state index contributed by atoms with van der Waals surface area (Å²) in [5.74, 6) is -0.0662. The van der Waals surface area contributed by atoms with Gasteiger partial charge in [-0.25, -0.2) is 0 Å². The molecule has 1 aromatic heterocycles. The number of aryl methyl sites for hydroxylation is 2. The molecule has 2 N–H and O–H groups in total. The van der Waals surface area contributed by atoms with Crippen molar-refractivity contribution in [2.24, 2.45) is 0 Å². The number of aromatic amines is 1. The Kier molecular flexibility index (Phi) is 4.28. The number of hydrogen-bond donors (Lipinski definition) is 2. The van der Waals surface area contributed by atoms with Crippen LogP contribution in [0.1, 0.15) is 36.4 Å². The van der Waals surface area contributed by atoms with Gasteiger partial charge in [0.25, 0.3) is 5.91 Å². The van der Waals surface area contributed by atoms with Crippen LogP contribution in [0, 0.1) is 0 Å². The van der Waals surface area contributed by atoms with Gasteiger partial charge in [0.1, 0.15) is 0 Å². The molecule has 0 saturated heterocycles. The number of aromatic nitrogens is 1. The average Bonchev–Trinajstić information content (AvgIpc) is 3.02. The lowest BCUT2D eigenvalue weighted by Gasteiger charge is -2.03. The van der Waals surface area contributed by atoms with E-state index < -0.39 is 0 Å². The van der Waals surface area contributed by atoms with E-state index >= 15 is 0 Å². The van der Waals surface area contributed by atoms with E-state index in [4.69, 9.17) is 0 Å². The quantitative estimate of drug-likeness (QED) is 0.658. The summed E-state index contributed by atoms with van der Waals surface area (Å²) in [5.41, 5.74) is 5.89. The molecule has 3 nitrogen and oxygen atoms in total. The average molecular weight is 424 g/mol. The molecular formula is C17H16Br2N2O. The van der Waals surface area contributed by atoms with Crippen LogP contribution in [0.4, 0.5) is 5.69 Å². The van der Waals surface area contributed by atoms with E-state index in [1.807, 2.05) is 18.2 Å². The highest BCUT2D eigenvalue weighted by Crippen LogP contribution is 2.40. The van der Waals surface area contributed by atoms with Crippen molar-refractivity contribution in [2.45, 2.75) is 26.7 Å². The predicted molar refractivity (Wildman–Crippen MR) is 97.9 cm³/mol. The third kappa shape index (κ3) is 2.68. The molecule has 114 valence electrons. The molecule has 5 heteroatoms. The van der Waals surface area contributed by atoms with E-state index in [9.17, 15) is 4.79 Å². The van der Waals surface area contributed by atoms with Crippen molar-refractivity contribution in [1.82, 2.24) is 4.98 Å². The van der Waals surface area contributed by atoms with Gasteiger partial charge in [0.2, 0.25) is 0 Å². The van der Waals surface area contributed by atoms with Crippen LogP contribution in [0.5, 0.6) is 0 Å². The summed E-state index contributed by atoms with van der Waals surface area (Å²) in [6, 6.07) is 6.08. The Hall–Kier alpha value is -1.33. The van der Waals surface area contributed by atoms with Gasteiger partial charge in [-0.05, 0) is 58.6 Å². The maximum absolute atomic E-state index is 12.3. The number of halogens is 2. The SMILES string of the molecule is CCc1cc(CC)c(C=C2C(=O)Nc3c(Br)cc(Br)cc32)[nH]1. The lowest BCUT2D eigenvalue weighted by molar-refractivity contribution is -0.110. The molecule has 0 unspecified atom stereocenters. The number of fused-ring (bicyclic) bond motifs is 1. The number of benzene rings is 1. The first-order chi connectivity index (χ1) is 10.5. The van der Waals surface area contributed by atoms with Crippen LogP contribution < -0.4 is 5.32 Å². The fourth-order valence-corrected chi connectivity index (χ4v) is 4.02. The van der Waals surface area contributed by atoms with Crippen molar-refractivity contribution in [3.05, 3.63) is 49.7 Å². The first-order valence-corrected chi connectivity index (χ1v) is 8.85. The highest BCUT2D eigenvalue weighted by Gasteiger charge is 2.27. The number of anilines is 1. The summed E-state index contributed by atoms with van der Waals surface area (Å²) in [4.78, 5) is 15.8. The van der Waals surface area contributed by atoms with Crippen LogP contribution in [0.25, 0.3) is 11.6 Å². The largest absolute Gasteiger partial charge is 0.359 e. The van der Waals surface area contributed by atoms with Gasteiger partial charge in [-0.3, -0.25) is 4.79 Å². The topological polar surface area (TPSA) is 44.9 Å². The lowest BCUT2D eigenvalue weighted by Crippen LogP contribution is -2.04. The van der Waals surface area contributed by atoms with E-state index in [0.29, 0.717) is 5.57 Å². The second kappa shape index (κ2) is 6.05. The van der Waals surface area contributed by atoms with Crippen molar-refractivity contribution in [3.63, 3.8) is 0 Å². The lowest BCUT2D eigenvalue weighted by atomic mass is 10.0. The number of hydrogen-bond acceptors (Lipinski definition) is 1. The molecule has 0 bridgehead atoms. The van der Waals surface area contributed by atoms with Gasteiger partial charge in [0.15, 0.2) is 0 Å². The van der Waals surface area contributed by atoms with Gasteiger partial charge in [-0.1, -0.05) is 29.8 Å². The molecule has 1 aromatic carbocycles. The number of nitrogens with one attached hydrogen (secondary N) is 2. The molecular weight excluding hydrogens is 408 g/mol. The zero-order valence-corrected chi connectivity index (χ0v) is 15.6. The number of carbonyl (C=O) groups excluding carboxylic acids is 1. The molecule has 3 rings (SSSR count). The number of amides is 1. The molecule has 0 saturated carbocycles. The number of rotatable bonds is 3. The number of H-pyrrole nitrogens is 1. The summed E-state index contributed by atoms with van der Waals surface area (Å²) in [6.45, 7) is 4.24. The molecule has 2 heterocycles. The van der Waals surface area contributed by atoms with Crippen LogP contribution >= 0.6 is 31.9 Å². The van der Waals surface area contributed by atoms with Crippen molar-refractivity contribution in [3.8, 4) is 0 Å². The maximum atomic E-state index is 12.3. The van der Waals surface area contributed by atoms with Crippen molar-refractivity contribution < 1.29 is 4.79 Å². The van der Waals surface area contributed by atoms with Crippen molar-refractivity contribution >= 4 is 55.1 Å². The Balaban J connectivity index is 2.14. The zero-order chi connectivity index (χ0) is 15.9. The summed E-state index contributed by atoms with van der Waals surface area (Å²) >= 11 is 6.99. The molecule has 0 aliphatic carbocycles. The summed E-state index contributed by atoms with van der Waals surface area (Å²) < 4.78 is 1.82. The van der Waals surface area contributed by atoms with E-state index in [1.165, 1.54) is 11.3 Å². The number of carbonyl (C=O) groups is 1. The Morgan fingerprint density at radius 1 is 1.14 bits per heavy atom. The Morgan fingerprint density at radius 2 is 1.91 bits per heavy atom. The van der Waals surface area contributed by atoms with Crippen molar-refractivity contribution in [2.75, 3.05) is 5.32 Å². The van der Waals surface area contributed by atoms with Crippen molar-refractivity contribution in [1.29, 1.82) is 0 Å². The summed E-state index contributed by atoms with van der Waals surface area (Å²) in [5, 5.41) is 2.93. The molecule has 0 atom stereocenters. The van der Waals surface area contributed by atoms with Crippen LogP contribution in [0.3, 0.4) is 0 Å². The van der Waals surface area contributed by atoms with Gasteiger partial charge in [0.05, 0.1) is 11.3 Å². The standard InChI is InChI=1S/C17H16Br2N2O/c1-3-9-5-11(4-2)20-15(9)8-13-12-6-10(18)7-14(19)16(12)21-17(13)22/h5-8,20H,3-4H2,1-2H3,(H,21,22). The van der Waals surface area contributed by atoms with Crippen LogP contribution in [0.15, 0.2) is 27.1 Å². The van der Waals surface area contributed by atoms with E-state index in [0.717, 1.165) is 38.7 Å². The van der Waals surface area contributed by atoms with Crippen LogP contribution in [0.2, 0.25) is 0 Å². The minimum atomic E-state index is -0.0662. The maximum Gasteiger partial charge on any atom is 0.256 e. The van der Waals surface area contributed by atoms with Gasteiger partial charge in [0, 0.05) is 25.9 Å². The van der Waals surface area contributed by atoms with E-state index in [2.05, 4.69) is 62.1 Å². The molecule has 0 radical (unpaired) electrons. The van der Waals surface area contributed by atoms with Crippen LogP contribution in [-0.2, 0) is 17.6 Å². The second-order valence-corrected chi connectivity index (χ2v) is 7.03. The predicted octanol–water partition coefficient (Wildman–Crippen LogP) is 5.16. The zero-order valence-electron chi connectivity index (χ0n) is 12.4. The second-order valence-electron chi connectivity index (χ2n) is 5.26. The third-order valence-corrected chi connectivity index (χ3v) is 4.95. The van der Waals surface area contributed by atoms with Gasteiger partial charge in [-0.15, -0.1) is 0 Å². The molecule has 1 amide bonds. The van der Waals surface area contributed by atoms with Gasteiger partial charge in [-0.2, -0.15) is 0 Å². The smallest absolute Gasteiger partial charge is 0.256 e. The molecule has 1 aliphatic rings. The van der Waals surface area contributed by atoms with E-state index in [-0.39, 0.29) is 5.91 Å². The first kappa shape index (κ1) is 15.6. The van der Waals surface area contributed by atoms with Gasteiger partial charge >= 0.3 is 0 Å². The van der Waals surface area contributed by atoms with Crippen LogP contribution in [-0.4, -0.2) is 10.9 Å². The molecule has 0 spiro atoms. The normalized spacial score (nSPS) is 15.3. The molecule has 0 fully saturated rings. The Morgan fingerprint density at radius 3 is 2.59 bits per heavy atom. The molecule has 22 heavy (non-hydrogen) atoms. The monoisotopic (exact) mass is 422 g/mol. The highest BCUT2D eigenvalue weighted by molar-refractivity contribution is 9.11. The fraction of sp³-hybridized carbons (Fsp3) is 0.235. The first-order valence-electron chi connectivity index (χ1n) is 7.26. The Bertz CT molecular complexity index is 790. The third-order valence-electron chi connectivity index (χ3n) is 3.87. The highest BCUT2D eigenvalue weighted by atomic mass is 79.9. The van der Waals surface area contributed by atoms with E-state index in [1.54, 1.807) is 0 Å². The molecule has 1 aliphatic heterocycles. The minimum absolute atomic E-state index is 0.0662. The fourth-order valence-electron chi connectivity index (χ4n) is 2.69.